The van der Waals surface area contributed by atoms with Crippen molar-refractivity contribution in [3.63, 3.8) is 0 Å². The van der Waals surface area contributed by atoms with E-state index in [-0.39, 0.29) is 12.5 Å². The van der Waals surface area contributed by atoms with Crippen molar-refractivity contribution in [2.24, 2.45) is 5.92 Å². The van der Waals surface area contributed by atoms with E-state index in [2.05, 4.69) is 12.2 Å². The number of aliphatic carboxylic acids is 1. The lowest BCUT2D eigenvalue weighted by molar-refractivity contribution is -0.133. The molecular formula is C13H18N2O4. The Balaban J connectivity index is 2.06. The molecule has 2 aliphatic rings. The lowest BCUT2D eigenvalue weighted by Crippen LogP contribution is -2.49. The molecule has 2 rings (SSSR count). The molecule has 1 saturated carbocycles. The minimum atomic E-state index is -1.09. The van der Waals surface area contributed by atoms with Gasteiger partial charge in [0.2, 0.25) is 0 Å². The van der Waals surface area contributed by atoms with Crippen LogP contribution in [0.4, 0.5) is 4.79 Å². The summed E-state index contributed by atoms with van der Waals surface area (Å²) < 4.78 is 0. The van der Waals surface area contributed by atoms with Crippen molar-refractivity contribution in [2.45, 2.75) is 38.1 Å². The molecule has 104 valence electrons. The van der Waals surface area contributed by atoms with Gasteiger partial charge in [0.15, 0.2) is 0 Å². The summed E-state index contributed by atoms with van der Waals surface area (Å²) in [6.07, 6.45) is 5.42. The van der Waals surface area contributed by atoms with Gasteiger partial charge in [0.1, 0.15) is 5.54 Å². The molecule has 0 radical (unpaired) electrons. The summed E-state index contributed by atoms with van der Waals surface area (Å²) in [4.78, 5) is 35.6. The Kier molecular flexibility index (Phi) is 3.59. The van der Waals surface area contributed by atoms with Gasteiger partial charge < -0.3 is 10.4 Å². The van der Waals surface area contributed by atoms with Crippen LogP contribution in [0.5, 0.6) is 0 Å². The molecule has 1 aliphatic heterocycles. The summed E-state index contributed by atoms with van der Waals surface area (Å²) in [5.74, 6) is -0.732. The first-order valence-corrected chi connectivity index (χ1v) is 6.48. The summed E-state index contributed by atoms with van der Waals surface area (Å²) in [5.41, 5.74) is -0.749. The zero-order valence-corrected chi connectivity index (χ0v) is 10.9. The van der Waals surface area contributed by atoms with Crippen LogP contribution in [-0.4, -0.2) is 40.0 Å². The van der Waals surface area contributed by atoms with Crippen LogP contribution in [0.1, 0.15) is 32.6 Å². The zero-order valence-electron chi connectivity index (χ0n) is 10.9. The molecule has 0 aromatic rings. The van der Waals surface area contributed by atoms with Crippen LogP contribution in [0.3, 0.4) is 0 Å². The third-order valence-corrected chi connectivity index (χ3v) is 3.92. The third-order valence-electron chi connectivity index (χ3n) is 3.92. The Labute approximate surface area is 111 Å². The molecule has 2 fully saturated rings. The van der Waals surface area contributed by atoms with Gasteiger partial charge in [-0.3, -0.25) is 9.69 Å². The van der Waals surface area contributed by atoms with Crippen molar-refractivity contribution in [2.75, 3.05) is 6.54 Å². The van der Waals surface area contributed by atoms with Gasteiger partial charge in [-0.25, -0.2) is 9.59 Å². The molecule has 1 heterocycles. The zero-order chi connectivity index (χ0) is 14.0. The van der Waals surface area contributed by atoms with Crippen LogP contribution in [-0.2, 0) is 9.59 Å². The number of carbonyl (C=O) groups excluding carboxylic acids is 2. The second-order valence-electron chi connectivity index (χ2n) is 5.35. The highest BCUT2D eigenvalue weighted by Gasteiger charge is 2.51. The fraction of sp³-hybridized carbons (Fsp3) is 0.615. The fourth-order valence-corrected chi connectivity index (χ4v) is 2.69. The molecule has 0 bridgehead atoms. The van der Waals surface area contributed by atoms with E-state index in [1.54, 1.807) is 0 Å². The number of nitrogens with one attached hydrogen (secondary N) is 1. The molecule has 6 nitrogen and oxygen atoms in total. The van der Waals surface area contributed by atoms with Gasteiger partial charge in [0.25, 0.3) is 5.91 Å². The number of hydrogen-bond donors (Lipinski definition) is 2. The number of urea groups is 1. The molecule has 1 saturated heterocycles. The minimum absolute atomic E-state index is 0.00820. The van der Waals surface area contributed by atoms with Gasteiger partial charge in [-0.05, 0) is 31.6 Å². The lowest BCUT2D eigenvalue weighted by atomic mass is 9.77. The van der Waals surface area contributed by atoms with Gasteiger partial charge in [-0.15, -0.1) is 0 Å². The molecule has 0 aromatic heterocycles. The SMILES string of the molecule is CC1CCC2(CC1)NC(=O)N(CC=CC(=O)O)C2=O. The lowest BCUT2D eigenvalue weighted by Gasteiger charge is -2.33. The van der Waals surface area contributed by atoms with Crippen LogP contribution in [0.2, 0.25) is 0 Å². The predicted molar refractivity (Wildman–Crippen MR) is 67.4 cm³/mol. The fourth-order valence-electron chi connectivity index (χ4n) is 2.69. The van der Waals surface area contributed by atoms with Crippen LogP contribution < -0.4 is 5.32 Å². The molecule has 0 unspecified atom stereocenters. The Morgan fingerprint density at radius 1 is 1.47 bits per heavy atom. The van der Waals surface area contributed by atoms with E-state index in [0.29, 0.717) is 18.8 Å². The average molecular weight is 266 g/mol. The highest BCUT2D eigenvalue weighted by atomic mass is 16.4. The maximum absolute atomic E-state index is 12.3. The molecule has 19 heavy (non-hydrogen) atoms. The van der Waals surface area contributed by atoms with Crippen molar-refractivity contribution in [3.05, 3.63) is 12.2 Å². The second-order valence-corrected chi connectivity index (χ2v) is 5.35. The van der Waals surface area contributed by atoms with E-state index in [4.69, 9.17) is 5.11 Å². The Hall–Kier alpha value is -1.85. The Morgan fingerprint density at radius 2 is 2.11 bits per heavy atom. The van der Waals surface area contributed by atoms with E-state index in [0.717, 1.165) is 23.8 Å². The van der Waals surface area contributed by atoms with E-state index in [9.17, 15) is 14.4 Å². The second kappa shape index (κ2) is 5.03. The molecule has 2 N–H and O–H groups in total. The smallest absolute Gasteiger partial charge is 0.328 e. The summed E-state index contributed by atoms with van der Waals surface area (Å²) in [5, 5.41) is 11.3. The van der Waals surface area contributed by atoms with Crippen LogP contribution >= 0.6 is 0 Å². The first kappa shape index (κ1) is 13.6. The van der Waals surface area contributed by atoms with E-state index in [1.165, 1.54) is 6.08 Å². The summed E-state index contributed by atoms with van der Waals surface area (Å²) in [6, 6.07) is -0.422. The molecule has 3 amide bonds. The summed E-state index contributed by atoms with van der Waals surface area (Å²) in [7, 11) is 0. The number of imide groups is 1. The number of rotatable bonds is 3. The molecule has 1 spiro atoms. The number of carbonyl (C=O) groups is 3. The summed E-state index contributed by atoms with van der Waals surface area (Å²) in [6.45, 7) is 2.15. The number of carboxylic acid groups (broad SMARTS) is 1. The van der Waals surface area contributed by atoms with Gasteiger partial charge >= 0.3 is 12.0 Å². The van der Waals surface area contributed by atoms with Crippen molar-refractivity contribution in [1.82, 2.24) is 10.2 Å². The molecular weight excluding hydrogens is 248 g/mol. The Bertz CT molecular complexity index is 436. The molecule has 1 aliphatic carbocycles. The van der Waals surface area contributed by atoms with E-state index in [1.807, 2.05) is 0 Å². The maximum atomic E-state index is 12.3. The number of carboxylic acids is 1. The maximum Gasteiger partial charge on any atom is 0.328 e. The van der Waals surface area contributed by atoms with Crippen molar-refractivity contribution in [1.29, 1.82) is 0 Å². The van der Waals surface area contributed by atoms with Crippen molar-refractivity contribution in [3.8, 4) is 0 Å². The number of nitrogens with zero attached hydrogens (tertiary/aromatic N) is 1. The number of amides is 3. The van der Waals surface area contributed by atoms with Gasteiger partial charge in [-0.2, -0.15) is 0 Å². The highest BCUT2D eigenvalue weighted by molar-refractivity contribution is 6.07. The first-order valence-electron chi connectivity index (χ1n) is 6.48. The molecule has 0 atom stereocenters. The minimum Gasteiger partial charge on any atom is -0.478 e. The van der Waals surface area contributed by atoms with Gasteiger partial charge in [0.05, 0.1) is 0 Å². The van der Waals surface area contributed by atoms with E-state index < -0.39 is 17.5 Å². The summed E-state index contributed by atoms with van der Waals surface area (Å²) >= 11 is 0. The standard InChI is InChI=1S/C13H18N2O4/c1-9-4-6-13(7-5-9)11(18)15(12(19)14-13)8-2-3-10(16)17/h2-3,9H,4-8H2,1H3,(H,14,19)(H,16,17). The largest absolute Gasteiger partial charge is 0.478 e. The van der Waals surface area contributed by atoms with Crippen LogP contribution in [0.15, 0.2) is 12.2 Å². The molecule has 0 aromatic carbocycles. The molecule has 6 heteroatoms. The highest BCUT2D eigenvalue weighted by Crippen LogP contribution is 2.36. The predicted octanol–water partition coefficient (Wildman–Crippen LogP) is 1.13. The van der Waals surface area contributed by atoms with Crippen molar-refractivity contribution < 1.29 is 19.5 Å². The van der Waals surface area contributed by atoms with Gasteiger partial charge in [-0.1, -0.05) is 13.0 Å². The number of hydrogen-bond acceptors (Lipinski definition) is 3. The monoisotopic (exact) mass is 266 g/mol. The quantitative estimate of drug-likeness (QED) is 0.592. The Morgan fingerprint density at radius 3 is 2.68 bits per heavy atom. The third kappa shape index (κ3) is 2.62. The topological polar surface area (TPSA) is 86.7 Å². The van der Waals surface area contributed by atoms with Gasteiger partial charge in [0, 0.05) is 12.6 Å². The van der Waals surface area contributed by atoms with Crippen molar-refractivity contribution >= 4 is 17.9 Å². The van der Waals surface area contributed by atoms with Crippen LogP contribution in [0.25, 0.3) is 0 Å². The van der Waals surface area contributed by atoms with Crippen LogP contribution in [0, 0.1) is 5.92 Å². The van der Waals surface area contributed by atoms with E-state index >= 15 is 0 Å². The first-order chi connectivity index (χ1) is 8.94. The normalized spacial score (nSPS) is 31.2. The average Bonchev–Trinajstić information content (AvgIpc) is 2.57.